The predicted octanol–water partition coefficient (Wildman–Crippen LogP) is 4.68. The number of pyridine rings is 1. The zero-order valence-electron chi connectivity index (χ0n) is 15.9. The van der Waals surface area contributed by atoms with Crippen LogP contribution in [0.2, 0.25) is 5.02 Å². The number of H-pyrrole nitrogens is 1. The number of nitrogens with one attached hydrogen (secondary N) is 2. The van der Waals surface area contributed by atoms with Crippen molar-refractivity contribution in [2.75, 3.05) is 18.2 Å². The summed E-state index contributed by atoms with van der Waals surface area (Å²) in [4.78, 5) is 28.1. The van der Waals surface area contributed by atoms with Crippen LogP contribution < -0.4 is 15.5 Å². The molecule has 0 aliphatic rings. The van der Waals surface area contributed by atoms with Crippen molar-refractivity contribution in [3.05, 3.63) is 68.5 Å². The van der Waals surface area contributed by atoms with Crippen LogP contribution in [-0.2, 0) is 10.5 Å². The number of aromatic nitrogens is 1. The fraction of sp³-hybridized carbons (Fsp3) is 0.238. The molecule has 5 nitrogen and oxygen atoms in total. The maximum atomic E-state index is 12.5. The summed E-state index contributed by atoms with van der Waals surface area (Å²) in [6, 6.07) is 10.6. The quantitative estimate of drug-likeness (QED) is 0.612. The molecule has 2 aromatic carbocycles. The Labute approximate surface area is 172 Å². The van der Waals surface area contributed by atoms with Gasteiger partial charge in [0.2, 0.25) is 5.91 Å². The first kappa shape index (κ1) is 20.3. The van der Waals surface area contributed by atoms with Crippen molar-refractivity contribution in [1.82, 2.24) is 4.98 Å². The number of carbonyl (C=O) groups is 1. The zero-order chi connectivity index (χ0) is 20.3. The summed E-state index contributed by atoms with van der Waals surface area (Å²) in [5.41, 5.74) is 4.16. The molecule has 28 heavy (non-hydrogen) atoms. The number of fused-ring (bicyclic) bond motifs is 1. The van der Waals surface area contributed by atoms with E-state index in [4.69, 9.17) is 16.3 Å². The molecular weight excluding hydrogens is 396 g/mol. The number of thioether (sulfide) groups is 1. The Hall–Kier alpha value is -2.44. The second kappa shape index (κ2) is 8.71. The van der Waals surface area contributed by atoms with Gasteiger partial charge in [0.25, 0.3) is 0 Å². The maximum Gasteiger partial charge on any atom is 0.234 e. The van der Waals surface area contributed by atoms with E-state index in [0.29, 0.717) is 22.2 Å². The van der Waals surface area contributed by atoms with Gasteiger partial charge in [-0.15, -0.1) is 11.8 Å². The van der Waals surface area contributed by atoms with Crippen LogP contribution in [0.1, 0.15) is 16.8 Å². The summed E-state index contributed by atoms with van der Waals surface area (Å²) in [7, 11) is 1.54. The minimum absolute atomic E-state index is 0.00124. The van der Waals surface area contributed by atoms with E-state index in [1.807, 2.05) is 26.0 Å². The Kier molecular flexibility index (Phi) is 6.31. The van der Waals surface area contributed by atoms with Crippen molar-refractivity contribution >= 4 is 45.9 Å². The zero-order valence-corrected chi connectivity index (χ0v) is 17.5. The van der Waals surface area contributed by atoms with Gasteiger partial charge in [0.1, 0.15) is 5.75 Å². The van der Waals surface area contributed by atoms with E-state index in [9.17, 15) is 9.59 Å². The molecule has 0 unspecified atom stereocenters. The predicted molar refractivity (Wildman–Crippen MR) is 117 cm³/mol. The van der Waals surface area contributed by atoms with Crippen LogP contribution >= 0.6 is 23.4 Å². The lowest BCUT2D eigenvalue weighted by atomic mass is 10.0. The van der Waals surface area contributed by atoms with E-state index in [1.165, 1.54) is 18.9 Å². The molecule has 0 fully saturated rings. The first-order valence-electron chi connectivity index (χ1n) is 8.72. The summed E-state index contributed by atoms with van der Waals surface area (Å²) in [6.07, 6.45) is 0. The van der Waals surface area contributed by atoms with Crippen LogP contribution in [0.4, 0.5) is 5.69 Å². The Morgan fingerprint density at radius 3 is 2.68 bits per heavy atom. The molecule has 1 aromatic heterocycles. The number of methoxy groups -OCH3 is 1. The molecule has 3 aromatic rings. The van der Waals surface area contributed by atoms with Gasteiger partial charge < -0.3 is 15.0 Å². The molecule has 0 bridgehead atoms. The van der Waals surface area contributed by atoms with Crippen LogP contribution in [0.25, 0.3) is 10.9 Å². The number of ether oxygens (including phenoxy) is 1. The van der Waals surface area contributed by atoms with E-state index in [0.717, 1.165) is 27.7 Å². The van der Waals surface area contributed by atoms with Crippen molar-refractivity contribution in [2.45, 2.75) is 19.6 Å². The number of hydrogen-bond donors (Lipinski definition) is 2. The number of aryl methyl sites for hydroxylation is 2. The number of hydrogen-bond acceptors (Lipinski definition) is 4. The number of amides is 1. The lowest BCUT2D eigenvalue weighted by Gasteiger charge is -2.11. The molecule has 0 spiro atoms. The lowest BCUT2D eigenvalue weighted by molar-refractivity contribution is -0.113. The molecule has 1 amide bonds. The normalized spacial score (nSPS) is 10.9. The molecular formula is C21H21ClN2O3S. The van der Waals surface area contributed by atoms with Gasteiger partial charge in [0.15, 0.2) is 5.43 Å². The first-order valence-corrected chi connectivity index (χ1v) is 10.3. The number of carbonyl (C=O) groups excluding carboxylic acids is 1. The first-order chi connectivity index (χ1) is 13.4. The highest BCUT2D eigenvalue weighted by atomic mass is 35.5. The van der Waals surface area contributed by atoms with Gasteiger partial charge >= 0.3 is 0 Å². The molecule has 1 heterocycles. The Bertz CT molecular complexity index is 1090. The Balaban J connectivity index is 1.67. The van der Waals surface area contributed by atoms with E-state index >= 15 is 0 Å². The van der Waals surface area contributed by atoms with Crippen LogP contribution in [0, 0.1) is 13.8 Å². The summed E-state index contributed by atoms with van der Waals surface area (Å²) in [6.45, 7) is 3.90. The van der Waals surface area contributed by atoms with Gasteiger partial charge in [-0.3, -0.25) is 9.59 Å². The van der Waals surface area contributed by atoms with Crippen LogP contribution in [0.5, 0.6) is 5.75 Å². The number of aromatic amines is 1. The van der Waals surface area contributed by atoms with Crippen LogP contribution in [0.15, 0.2) is 41.2 Å². The SMILES string of the molecule is COc1ccc(Cl)cc1NC(=O)CSCc1cc(=O)c2c(C)ccc(C)c2[nH]1. The second-order valence-electron chi connectivity index (χ2n) is 6.49. The molecule has 146 valence electrons. The van der Waals surface area contributed by atoms with Crippen molar-refractivity contribution in [3.8, 4) is 5.75 Å². The minimum atomic E-state index is -0.166. The van der Waals surface area contributed by atoms with Crippen LogP contribution in [0.3, 0.4) is 0 Å². The fourth-order valence-corrected chi connectivity index (χ4v) is 3.92. The highest BCUT2D eigenvalue weighted by Crippen LogP contribution is 2.28. The molecule has 0 saturated heterocycles. The highest BCUT2D eigenvalue weighted by Gasteiger charge is 2.10. The molecule has 0 saturated carbocycles. The average molecular weight is 417 g/mol. The summed E-state index contributed by atoms with van der Waals surface area (Å²) in [5.74, 6) is 1.15. The van der Waals surface area contributed by atoms with Crippen molar-refractivity contribution < 1.29 is 9.53 Å². The Morgan fingerprint density at radius 2 is 1.93 bits per heavy atom. The Morgan fingerprint density at radius 1 is 1.18 bits per heavy atom. The largest absolute Gasteiger partial charge is 0.495 e. The third-order valence-electron chi connectivity index (χ3n) is 4.39. The van der Waals surface area contributed by atoms with Gasteiger partial charge in [0, 0.05) is 27.9 Å². The third kappa shape index (κ3) is 4.51. The smallest absolute Gasteiger partial charge is 0.234 e. The highest BCUT2D eigenvalue weighted by molar-refractivity contribution is 7.99. The number of benzene rings is 2. The second-order valence-corrected chi connectivity index (χ2v) is 7.92. The lowest BCUT2D eigenvalue weighted by Crippen LogP contribution is -2.15. The van der Waals surface area contributed by atoms with E-state index in [1.54, 1.807) is 24.3 Å². The number of rotatable bonds is 6. The van der Waals surface area contributed by atoms with Gasteiger partial charge in [-0.1, -0.05) is 23.7 Å². The number of anilines is 1. The maximum absolute atomic E-state index is 12.5. The van der Waals surface area contributed by atoms with E-state index in [2.05, 4.69) is 10.3 Å². The molecule has 0 radical (unpaired) electrons. The third-order valence-corrected chi connectivity index (χ3v) is 5.60. The van der Waals surface area contributed by atoms with Crippen molar-refractivity contribution in [3.63, 3.8) is 0 Å². The van der Waals surface area contributed by atoms with Gasteiger partial charge in [-0.05, 0) is 43.2 Å². The standard InChI is InChI=1S/C21H21ClN2O3S/c1-12-4-5-13(2)21-20(12)17(25)9-15(23-21)10-28-11-19(26)24-16-8-14(22)6-7-18(16)27-3/h4-9H,10-11H2,1-3H3,(H,23,25)(H,24,26). The van der Waals surface area contributed by atoms with Crippen molar-refractivity contribution in [2.24, 2.45) is 0 Å². The van der Waals surface area contributed by atoms with Gasteiger partial charge in [-0.2, -0.15) is 0 Å². The average Bonchev–Trinajstić information content (AvgIpc) is 2.65. The summed E-state index contributed by atoms with van der Waals surface area (Å²) < 4.78 is 5.23. The van der Waals surface area contributed by atoms with Crippen molar-refractivity contribution in [1.29, 1.82) is 0 Å². The summed E-state index contributed by atoms with van der Waals surface area (Å²) >= 11 is 7.40. The van der Waals surface area contributed by atoms with Crippen LogP contribution in [-0.4, -0.2) is 23.8 Å². The fourth-order valence-electron chi connectivity index (χ4n) is 3.01. The molecule has 0 atom stereocenters. The molecule has 0 aliphatic carbocycles. The van der Waals surface area contributed by atoms with E-state index in [-0.39, 0.29) is 17.1 Å². The molecule has 2 N–H and O–H groups in total. The topological polar surface area (TPSA) is 71.2 Å². The molecule has 7 heteroatoms. The van der Waals surface area contributed by atoms with E-state index < -0.39 is 0 Å². The van der Waals surface area contributed by atoms with Gasteiger partial charge in [0.05, 0.1) is 24.1 Å². The monoisotopic (exact) mass is 416 g/mol. The number of halogens is 1. The minimum Gasteiger partial charge on any atom is -0.495 e. The molecule has 3 rings (SSSR count). The molecule has 0 aliphatic heterocycles. The van der Waals surface area contributed by atoms with Gasteiger partial charge in [-0.25, -0.2) is 0 Å². The summed E-state index contributed by atoms with van der Waals surface area (Å²) in [5, 5.41) is 4.04.